The first kappa shape index (κ1) is 23.6. The first-order valence-corrected chi connectivity index (χ1v) is 10.9. The van der Waals surface area contributed by atoms with Gasteiger partial charge in [0.05, 0.1) is 18.9 Å². The highest BCUT2D eigenvalue weighted by molar-refractivity contribution is 5.94. The molecule has 0 aromatic heterocycles. The predicted octanol–water partition coefficient (Wildman–Crippen LogP) is 6.40. The van der Waals surface area contributed by atoms with Crippen molar-refractivity contribution in [1.82, 2.24) is 0 Å². The van der Waals surface area contributed by atoms with Crippen LogP contribution in [0.5, 0.6) is 11.5 Å². The zero-order valence-corrected chi connectivity index (χ0v) is 19.1. The Kier molecular flexibility index (Phi) is 9.03. The average molecular weight is 412 g/mol. The van der Waals surface area contributed by atoms with Crippen LogP contribution in [0.15, 0.2) is 47.5 Å². The third-order valence-corrected chi connectivity index (χ3v) is 4.71. The monoisotopic (exact) mass is 411 g/mol. The standard InChI is InChI=1S/C25H37N3O2/c1-6-8-16-29-22-15-14-21(18-23(22)30-17-9-7-2)28-24(26)27-20-12-10-19(11-13-20)25(3,4)5/h10-15,18H,6-9,16-17H2,1-5H3,(H3,26,27,28). The number of hydrogen-bond acceptors (Lipinski definition) is 3. The second-order valence-corrected chi connectivity index (χ2v) is 8.48. The number of hydrogen-bond donors (Lipinski definition) is 2. The van der Waals surface area contributed by atoms with Gasteiger partial charge in [-0.2, -0.15) is 0 Å². The lowest BCUT2D eigenvalue weighted by Gasteiger charge is -2.18. The van der Waals surface area contributed by atoms with Crippen LogP contribution in [0.3, 0.4) is 0 Å². The zero-order chi connectivity index (χ0) is 22.0. The quantitative estimate of drug-likeness (QED) is 0.270. The molecule has 0 bridgehead atoms. The summed E-state index contributed by atoms with van der Waals surface area (Å²) in [5.41, 5.74) is 9.14. The summed E-state index contributed by atoms with van der Waals surface area (Å²) >= 11 is 0. The third kappa shape index (κ3) is 7.62. The number of nitrogens with zero attached hydrogens (tertiary/aromatic N) is 1. The Balaban J connectivity index is 2.11. The smallest absolute Gasteiger partial charge is 0.198 e. The lowest BCUT2D eigenvalue weighted by atomic mass is 9.87. The van der Waals surface area contributed by atoms with E-state index in [0.29, 0.717) is 19.2 Å². The van der Waals surface area contributed by atoms with Crippen molar-refractivity contribution >= 4 is 17.3 Å². The Bertz CT molecular complexity index is 808. The summed E-state index contributed by atoms with van der Waals surface area (Å²) in [5.74, 6) is 1.82. The van der Waals surface area contributed by atoms with Gasteiger partial charge in [0.1, 0.15) is 0 Å². The van der Waals surface area contributed by atoms with E-state index in [4.69, 9.17) is 15.2 Å². The molecule has 2 aromatic rings. The molecule has 0 saturated carbocycles. The minimum Gasteiger partial charge on any atom is -0.490 e. The number of rotatable bonds is 10. The molecule has 0 aliphatic carbocycles. The van der Waals surface area contributed by atoms with Crippen molar-refractivity contribution in [2.45, 2.75) is 65.7 Å². The molecule has 0 saturated heterocycles. The number of anilines is 1. The van der Waals surface area contributed by atoms with Gasteiger partial charge in [0.25, 0.3) is 0 Å². The van der Waals surface area contributed by atoms with Crippen LogP contribution in [0.4, 0.5) is 11.4 Å². The van der Waals surface area contributed by atoms with Gasteiger partial charge in [0.15, 0.2) is 17.5 Å². The topological polar surface area (TPSA) is 68.9 Å². The summed E-state index contributed by atoms with van der Waals surface area (Å²) in [7, 11) is 0. The van der Waals surface area contributed by atoms with Crippen LogP contribution in [0, 0.1) is 0 Å². The first-order valence-electron chi connectivity index (χ1n) is 10.9. The molecule has 30 heavy (non-hydrogen) atoms. The van der Waals surface area contributed by atoms with E-state index in [2.05, 4.69) is 57.1 Å². The Morgan fingerprint density at radius 3 is 2.07 bits per heavy atom. The molecule has 0 unspecified atom stereocenters. The number of aliphatic imine (C=N–C) groups is 1. The summed E-state index contributed by atoms with van der Waals surface area (Å²) in [6.45, 7) is 12.2. The van der Waals surface area contributed by atoms with Gasteiger partial charge in [0, 0.05) is 11.8 Å². The second-order valence-electron chi connectivity index (χ2n) is 8.48. The Morgan fingerprint density at radius 1 is 0.900 bits per heavy atom. The maximum atomic E-state index is 6.14. The Morgan fingerprint density at radius 2 is 1.50 bits per heavy atom. The van der Waals surface area contributed by atoms with E-state index in [1.54, 1.807) is 0 Å². The highest BCUT2D eigenvalue weighted by Gasteiger charge is 2.13. The minimum absolute atomic E-state index is 0.112. The van der Waals surface area contributed by atoms with E-state index in [-0.39, 0.29) is 5.41 Å². The van der Waals surface area contributed by atoms with E-state index in [0.717, 1.165) is 48.6 Å². The fraction of sp³-hybridized carbons (Fsp3) is 0.480. The Labute approximate surface area is 181 Å². The number of ether oxygens (including phenoxy) is 2. The normalized spacial score (nSPS) is 12.0. The van der Waals surface area contributed by atoms with Crippen molar-refractivity contribution in [2.24, 2.45) is 10.7 Å². The van der Waals surface area contributed by atoms with Crippen molar-refractivity contribution in [2.75, 3.05) is 18.5 Å². The highest BCUT2D eigenvalue weighted by Crippen LogP contribution is 2.31. The molecule has 0 fully saturated rings. The molecule has 0 aliphatic rings. The van der Waals surface area contributed by atoms with E-state index in [1.807, 2.05) is 30.3 Å². The maximum Gasteiger partial charge on any atom is 0.198 e. The number of nitrogens with one attached hydrogen (secondary N) is 1. The van der Waals surface area contributed by atoms with Crippen LogP contribution >= 0.6 is 0 Å². The van der Waals surface area contributed by atoms with Gasteiger partial charge >= 0.3 is 0 Å². The van der Waals surface area contributed by atoms with E-state index < -0.39 is 0 Å². The minimum atomic E-state index is 0.112. The fourth-order valence-electron chi connectivity index (χ4n) is 2.82. The van der Waals surface area contributed by atoms with Crippen molar-refractivity contribution in [3.63, 3.8) is 0 Å². The molecular formula is C25H37N3O2. The van der Waals surface area contributed by atoms with Gasteiger partial charge in [-0.05, 0) is 48.1 Å². The van der Waals surface area contributed by atoms with Gasteiger partial charge in [-0.3, -0.25) is 0 Å². The molecule has 0 amide bonds. The van der Waals surface area contributed by atoms with E-state index in [1.165, 1.54) is 5.56 Å². The van der Waals surface area contributed by atoms with Gasteiger partial charge in [-0.15, -0.1) is 0 Å². The number of unbranched alkanes of at least 4 members (excludes halogenated alkanes) is 2. The molecule has 5 heteroatoms. The molecule has 0 spiro atoms. The molecule has 0 heterocycles. The van der Waals surface area contributed by atoms with Crippen LogP contribution < -0.4 is 20.5 Å². The molecular weight excluding hydrogens is 374 g/mol. The van der Waals surface area contributed by atoms with E-state index in [9.17, 15) is 0 Å². The summed E-state index contributed by atoms with van der Waals surface area (Å²) < 4.78 is 11.8. The second kappa shape index (κ2) is 11.5. The molecule has 0 radical (unpaired) electrons. The molecule has 0 aliphatic heterocycles. The summed E-state index contributed by atoms with van der Waals surface area (Å²) in [5, 5.41) is 3.15. The average Bonchev–Trinajstić information content (AvgIpc) is 2.69. The number of benzene rings is 2. The summed E-state index contributed by atoms with van der Waals surface area (Å²) in [4.78, 5) is 4.48. The van der Waals surface area contributed by atoms with Crippen molar-refractivity contribution < 1.29 is 9.47 Å². The lowest BCUT2D eigenvalue weighted by molar-refractivity contribution is 0.262. The van der Waals surface area contributed by atoms with Crippen LogP contribution in [0.1, 0.15) is 65.9 Å². The van der Waals surface area contributed by atoms with E-state index >= 15 is 0 Å². The SMILES string of the molecule is CCCCOc1ccc(NC(N)=Nc2ccc(C(C)(C)C)cc2)cc1OCCCC. The number of nitrogens with two attached hydrogens (primary N) is 1. The molecule has 0 atom stereocenters. The predicted molar refractivity (Wildman–Crippen MR) is 127 cm³/mol. The van der Waals surface area contributed by atoms with Crippen molar-refractivity contribution in [3.8, 4) is 11.5 Å². The molecule has 2 rings (SSSR count). The van der Waals surface area contributed by atoms with Crippen molar-refractivity contribution in [1.29, 1.82) is 0 Å². The molecule has 5 nitrogen and oxygen atoms in total. The van der Waals surface area contributed by atoms with Gasteiger partial charge < -0.3 is 20.5 Å². The van der Waals surface area contributed by atoms with Crippen LogP contribution in [-0.4, -0.2) is 19.2 Å². The summed E-state index contributed by atoms with van der Waals surface area (Å²) in [6, 6.07) is 13.9. The molecule has 3 N–H and O–H groups in total. The maximum absolute atomic E-state index is 6.14. The van der Waals surface area contributed by atoms with Crippen molar-refractivity contribution in [3.05, 3.63) is 48.0 Å². The van der Waals surface area contributed by atoms with Crippen LogP contribution in [-0.2, 0) is 5.41 Å². The Hall–Kier alpha value is -2.69. The molecule has 2 aromatic carbocycles. The molecule has 164 valence electrons. The van der Waals surface area contributed by atoms with Gasteiger partial charge in [0.2, 0.25) is 0 Å². The van der Waals surface area contributed by atoms with Crippen LogP contribution in [0.25, 0.3) is 0 Å². The summed E-state index contributed by atoms with van der Waals surface area (Å²) in [6.07, 6.45) is 4.19. The van der Waals surface area contributed by atoms with Crippen LogP contribution in [0.2, 0.25) is 0 Å². The first-order chi connectivity index (χ1) is 14.3. The lowest BCUT2D eigenvalue weighted by Crippen LogP contribution is -2.22. The highest BCUT2D eigenvalue weighted by atomic mass is 16.5. The van der Waals surface area contributed by atoms with Gasteiger partial charge in [-0.25, -0.2) is 4.99 Å². The fourth-order valence-corrected chi connectivity index (χ4v) is 2.82. The largest absolute Gasteiger partial charge is 0.490 e. The zero-order valence-electron chi connectivity index (χ0n) is 19.1. The van der Waals surface area contributed by atoms with Gasteiger partial charge in [-0.1, -0.05) is 59.6 Å². The number of guanidine groups is 1. The third-order valence-electron chi connectivity index (χ3n) is 4.71.